The second-order valence-corrected chi connectivity index (χ2v) is 5.32. The van der Waals surface area contributed by atoms with Crippen molar-refractivity contribution in [1.82, 2.24) is 10.3 Å². The molecule has 1 unspecified atom stereocenters. The first kappa shape index (κ1) is 13.6. The van der Waals surface area contributed by atoms with Gasteiger partial charge in [0.2, 0.25) is 5.78 Å². The lowest BCUT2D eigenvalue weighted by molar-refractivity contribution is 0.0496. The van der Waals surface area contributed by atoms with Gasteiger partial charge in [0, 0.05) is 5.38 Å². The van der Waals surface area contributed by atoms with Gasteiger partial charge in [-0.05, 0) is 27.7 Å². The van der Waals surface area contributed by atoms with Crippen molar-refractivity contribution in [3.63, 3.8) is 0 Å². The van der Waals surface area contributed by atoms with Crippen molar-refractivity contribution >= 4 is 23.2 Å². The van der Waals surface area contributed by atoms with Crippen LogP contribution in [0.1, 0.15) is 38.2 Å². The molecule has 0 fully saturated rings. The summed E-state index contributed by atoms with van der Waals surface area (Å²) in [4.78, 5) is 27.1. The Morgan fingerprint density at radius 3 is 2.59 bits per heavy atom. The van der Waals surface area contributed by atoms with Crippen LogP contribution < -0.4 is 5.32 Å². The first-order valence-electron chi connectivity index (χ1n) is 5.21. The third kappa shape index (κ3) is 4.52. The summed E-state index contributed by atoms with van der Waals surface area (Å²) >= 11 is 1.34. The number of nitrogens with one attached hydrogen (secondary N) is 1. The summed E-state index contributed by atoms with van der Waals surface area (Å²) < 4.78 is 5.06. The lowest BCUT2D eigenvalue weighted by atomic mass is 10.2. The minimum atomic E-state index is -0.646. The van der Waals surface area contributed by atoms with E-state index in [-0.39, 0.29) is 5.78 Å². The summed E-state index contributed by atoms with van der Waals surface area (Å²) in [7, 11) is 0. The van der Waals surface area contributed by atoms with E-state index >= 15 is 0 Å². The summed E-state index contributed by atoms with van der Waals surface area (Å²) in [5.74, 6) is -0.225. The number of ether oxygens (including phenoxy) is 1. The molecule has 1 atom stereocenters. The van der Waals surface area contributed by atoms with Gasteiger partial charge in [0.15, 0.2) is 0 Å². The zero-order valence-electron chi connectivity index (χ0n) is 10.3. The van der Waals surface area contributed by atoms with Crippen LogP contribution in [0.15, 0.2) is 10.9 Å². The summed E-state index contributed by atoms with van der Waals surface area (Å²) in [6.45, 7) is 6.89. The van der Waals surface area contributed by atoms with Gasteiger partial charge >= 0.3 is 6.09 Å². The lowest BCUT2D eigenvalue weighted by Gasteiger charge is -2.21. The van der Waals surface area contributed by atoms with Crippen LogP contribution in [0.5, 0.6) is 0 Å². The third-order valence-electron chi connectivity index (χ3n) is 1.81. The smallest absolute Gasteiger partial charge is 0.408 e. The van der Waals surface area contributed by atoms with Crippen molar-refractivity contribution in [1.29, 1.82) is 0 Å². The Morgan fingerprint density at radius 2 is 2.12 bits per heavy atom. The van der Waals surface area contributed by atoms with Crippen LogP contribution in [0.25, 0.3) is 0 Å². The van der Waals surface area contributed by atoms with Gasteiger partial charge in [0.25, 0.3) is 0 Å². The first-order valence-corrected chi connectivity index (χ1v) is 6.16. The number of aromatic nitrogens is 1. The van der Waals surface area contributed by atoms with Gasteiger partial charge in [-0.1, -0.05) is 0 Å². The number of carbonyl (C=O) groups is 2. The first-order chi connectivity index (χ1) is 7.79. The molecular formula is C11H16N2O3S. The number of amides is 1. The Bertz CT molecular complexity index is 395. The van der Waals surface area contributed by atoms with Crippen molar-refractivity contribution in [2.75, 3.05) is 0 Å². The van der Waals surface area contributed by atoms with E-state index in [4.69, 9.17) is 4.74 Å². The van der Waals surface area contributed by atoms with E-state index in [1.165, 1.54) is 11.3 Å². The molecule has 0 bridgehead atoms. The largest absolute Gasteiger partial charge is 0.444 e. The molecule has 1 rings (SSSR count). The van der Waals surface area contributed by atoms with E-state index in [1.807, 2.05) is 0 Å². The van der Waals surface area contributed by atoms with Crippen molar-refractivity contribution in [3.8, 4) is 0 Å². The molecule has 0 saturated carbocycles. The predicted octanol–water partition coefficient (Wildman–Crippen LogP) is 2.24. The highest BCUT2D eigenvalue weighted by Gasteiger charge is 2.22. The highest BCUT2D eigenvalue weighted by Crippen LogP contribution is 2.08. The van der Waals surface area contributed by atoms with Gasteiger partial charge in [0.1, 0.15) is 11.3 Å². The van der Waals surface area contributed by atoms with Gasteiger partial charge in [-0.2, -0.15) is 0 Å². The Hall–Kier alpha value is -1.43. The Morgan fingerprint density at radius 1 is 1.47 bits per heavy atom. The molecule has 1 N–H and O–H groups in total. The molecule has 0 aliphatic rings. The molecule has 1 amide bonds. The molecule has 0 aliphatic carbocycles. The highest BCUT2D eigenvalue weighted by molar-refractivity contribution is 7.07. The fourth-order valence-electron chi connectivity index (χ4n) is 1.11. The van der Waals surface area contributed by atoms with Crippen LogP contribution in [0, 0.1) is 0 Å². The Balaban J connectivity index is 2.52. The second-order valence-electron chi connectivity index (χ2n) is 4.61. The molecule has 0 radical (unpaired) electrons. The van der Waals surface area contributed by atoms with Crippen molar-refractivity contribution < 1.29 is 14.3 Å². The highest BCUT2D eigenvalue weighted by atomic mass is 32.1. The number of thiazole rings is 1. The monoisotopic (exact) mass is 256 g/mol. The number of alkyl carbamates (subject to hydrolysis) is 1. The average molecular weight is 256 g/mol. The van der Waals surface area contributed by atoms with Crippen LogP contribution >= 0.6 is 11.3 Å². The summed E-state index contributed by atoms with van der Waals surface area (Å²) in [5.41, 5.74) is 1.36. The lowest BCUT2D eigenvalue weighted by Crippen LogP contribution is -2.41. The number of hydrogen-bond donors (Lipinski definition) is 1. The minimum Gasteiger partial charge on any atom is -0.444 e. The number of nitrogens with zero attached hydrogens (tertiary/aromatic N) is 1. The predicted molar refractivity (Wildman–Crippen MR) is 65.3 cm³/mol. The van der Waals surface area contributed by atoms with Crippen molar-refractivity contribution in [2.45, 2.75) is 39.3 Å². The molecule has 0 saturated heterocycles. The van der Waals surface area contributed by atoms with E-state index in [0.29, 0.717) is 5.69 Å². The van der Waals surface area contributed by atoms with E-state index in [9.17, 15) is 9.59 Å². The molecule has 1 aromatic heterocycles. The molecule has 1 aromatic rings. The topological polar surface area (TPSA) is 68.3 Å². The number of Topliss-reactive ketones (excluding diaryl/α,β-unsaturated/α-hetero) is 1. The third-order valence-corrected chi connectivity index (χ3v) is 2.40. The molecule has 0 spiro atoms. The molecule has 17 heavy (non-hydrogen) atoms. The van der Waals surface area contributed by atoms with Crippen LogP contribution in [0.4, 0.5) is 4.79 Å². The summed E-state index contributed by atoms with van der Waals surface area (Å²) in [6.07, 6.45) is -0.603. The quantitative estimate of drug-likeness (QED) is 0.842. The number of rotatable bonds is 3. The van der Waals surface area contributed by atoms with E-state index in [0.717, 1.165) is 0 Å². The fraction of sp³-hybridized carbons (Fsp3) is 0.545. The maximum atomic E-state index is 11.8. The second kappa shape index (κ2) is 5.27. The minimum absolute atomic E-state index is 0.225. The van der Waals surface area contributed by atoms with Gasteiger partial charge in [-0.15, -0.1) is 11.3 Å². The number of ketones is 1. The maximum absolute atomic E-state index is 11.8. The maximum Gasteiger partial charge on any atom is 0.408 e. The molecule has 6 heteroatoms. The van der Waals surface area contributed by atoms with Crippen LogP contribution in [-0.4, -0.2) is 28.5 Å². The SMILES string of the molecule is CC(NC(=O)OC(C)(C)C)C(=O)c1cscn1. The summed E-state index contributed by atoms with van der Waals surface area (Å²) in [5, 5.41) is 4.13. The van der Waals surface area contributed by atoms with Crippen molar-refractivity contribution in [2.24, 2.45) is 0 Å². The van der Waals surface area contributed by atoms with Gasteiger partial charge in [0.05, 0.1) is 11.6 Å². The van der Waals surface area contributed by atoms with Crippen LogP contribution in [0.2, 0.25) is 0 Å². The average Bonchev–Trinajstić information content (AvgIpc) is 2.65. The van der Waals surface area contributed by atoms with Crippen molar-refractivity contribution in [3.05, 3.63) is 16.6 Å². The molecule has 1 heterocycles. The molecule has 0 aromatic carbocycles. The Kier molecular flexibility index (Phi) is 4.22. The molecule has 94 valence electrons. The zero-order chi connectivity index (χ0) is 13.1. The summed E-state index contributed by atoms with van der Waals surface area (Å²) in [6, 6.07) is -0.646. The fourth-order valence-corrected chi connectivity index (χ4v) is 1.65. The standard InChI is InChI=1S/C11H16N2O3S/c1-7(9(14)8-5-17-6-12-8)13-10(15)16-11(2,3)4/h5-7H,1-4H3,(H,13,15). The van der Waals surface area contributed by atoms with Crippen LogP contribution in [-0.2, 0) is 4.74 Å². The normalized spacial score (nSPS) is 12.9. The van der Waals surface area contributed by atoms with Crippen LogP contribution in [0.3, 0.4) is 0 Å². The van der Waals surface area contributed by atoms with E-state index < -0.39 is 17.7 Å². The van der Waals surface area contributed by atoms with E-state index in [1.54, 1.807) is 38.6 Å². The Labute approximate surface area is 104 Å². The van der Waals surface area contributed by atoms with E-state index in [2.05, 4.69) is 10.3 Å². The number of carbonyl (C=O) groups excluding carboxylic acids is 2. The zero-order valence-corrected chi connectivity index (χ0v) is 11.1. The molecular weight excluding hydrogens is 240 g/mol. The molecule has 5 nitrogen and oxygen atoms in total. The van der Waals surface area contributed by atoms with Gasteiger partial charge < -0.3 is 10.1 Å². The van der Waals surface area contributed by atoms with Gasteiger partial charge in [-0.25, -0.2) is 9.78 Å². The van der Waals surface area contributed by atoms with Gasteiger partial charge in [-0.3, -0.25) is 4.79 Å². The number of hydrogen-bond acceptors (Lipinski definition) is 5. The molecule has 0 aliphatic heterocycles.